The van der Waals surface area contributed by atoms with Crippen LogP contribution in [0.2, 0.25) is 0 Å². The maximum atomic E-state index is 12.0. The van der Waals surface area contributed by atoms with Crippen molar-refractivity contribution in [2.24, 2.45) is 7.05 Å². The quantitative estimate of drug-likeness (QED) is 0.452. The molecule has 0 atom stereocenters. The van der Waals surface area contributed by atoms with Crippen LogP contribution in [0.15, 0.2) is 18.2 Å². The molecule has 2 aromatic rings. The number of nitro groups is 1. The highest BCUT2D eigenvalue weighted by atomic mass is 16.6. The fourth-order valence-corrected chi connectivity index (χ4v) is 2.32. The Balaban J connectivity index is 2.75. The highest BCUT2D eigenvalue weighted by Crippen LogP contribution is 2.40. The van der Waals surface area contributed by atoms with E-state index < -0.39 is 16.6 Å². The van der Waals surface area contributed by atoms with Crippen molar-refractivity contribution in [1.82, 2.24) is 9.78 Å². The molecule has 0 spiro atoms. The molecule has 0 N–H and O–H groups in total. The fraction of sp³-hybridized carbons (Fsp3) is 0.333. The Morgan fingerprint density at radius 3 is 2.58 bits per heavy atom. The first kappa shape index (κ1) is 17.3. The van der Waals surface area contributed by atoms with Crippen LogP contribution in [0.25, 0.3) is 11.3 Å². The van der Waals surface area contributed by atoms with Gasteiger partial charge < -0.3 is 14.2 Å². The van der Waals surface area contributed by atoms with Crippen LogP contribution in [0.1, 0.15) is 17.4 Å². The summed E-state index contributed by atoms with van der Waals surface area (Å²) >= 11 is 0. The van der Waals surface area contributed by atoms with Crippen molar-refractivity contribution >= 4 is 11.7 Å². The van der Waals surface area contributed by atoms with Gasteiger partial charge in [0.25, 0.3) is 0 Å². The van der Waals surface area contributed by atoms with Gasteiger partial charge in [-0.25, -0.2) is 4.79 Å². The summed E-state index contributed by atoms with van der Waals surface area (Å²) in [5, 5.41) is 15.5. The van der Waals surface area contributed by atoms with Gasteiger partial charge in [0.15, 0.2) is 5.69 Å². The molecule has 0 saturated carbocycles. The third-order valence-corrected chi connectivity index (χ3v) is 3.34. The zero-order chi connectivity index (χ0) is 17.9. The number of carbonyl (C=O) groups is 1. The van der Waals surface area contributed by atoms with Gasteiger partial charge >= 0.3 is 11.7 Å². The fourth-order valence-electron chi connectivity index (χ4n) is 2.32. The Labute approximate surface area is 137 Å². The molecule has 24 heavy (non-hydrogen) atoms. The number of benzene rings is 1. The van der Waals surface area contributed by atoms with E-state index in [1.54, 1.807) is 25.1 Å². The van der Waals surface area contributed by atoms with Crippen molar-refractivity contribution in [3.8, 4) is 22.8 Å². The van der Waals surface area contributed by atoms with Crippen LogP contribution < -0.4 is 9.47 Å². The van der Waals surface area contributed by atoms with E-state index in [4.69, 9.17) is 14.2 Å². The molecule has 0 amide bonds. The molecule has 0 aliphatic rings. The largest absolute Gasteiger partial charge is 0.497 e. The lowest BCUT2D eigenvalue weighted by Crippen LogP contribution is -2.08. The first-order chi connectivity index (χ1) is 11.4. The Morgan fingerprint density at radius 2 is 2.04 bits per heavy atom. The SMILES string of the molecule is CCOC(=O)c1nn(C)c(-c2cc(OC)ccc2OC)c1[N+](=O)[O-]. The average Bonchev–Trinajstić information content (AvgIpc) is 2.92. The van der Waals surface area contributed by atoms with Gasteiger partial charge in [-0.1, -0.05) is 0 Å². The van der Waals surface area contributed by atoms with Crippen molar-refractivity contribution in [3.63, 3.8) is 0 Å². The molecule has 0 unspecified atom stereocenters. The van der Waals surface area contributed by atoms with E-state index in [1.807, 2.05) is 0 Å². The van der Waals surface area contributed by atoms with Gasteiger partial charge in [0.2, 0.25) is 5.69 Å². The van der Waals surface area contributed by atoms with Crippen molar-refractivity contribution in [1.29, 1.82) is 0 Å². The third-order valence-electron chi connectivity index (χ3n) is 3.34. The second kappa shape index (κ2) is 6.99. The molecule has 0 saturated heterocycles. The predicted octanol–water partition coefficient (Wildman–Crippen LogP) is 2.19. The third kappa shape index (κ3) is 3.00. The van der Waals surface area contributed by atoms with E-state index in [1.165, 1.54) is 25.9 Å². The van der Waals surface area contributed by atoms with E-state index in [0.717, 1.165) is 0 Å². The van der Waals surface area contributed by atoms with E-state index in [2.05, 4.69) is 5.10 Å². The monoisotopic (exact) mass is 335 g/mol. The lowest BCUT2D eigenvalue weighted by molar-refractivity contribution is -0.384. The van der Waals surface area contributed by atoms with Gasteiger partial charge in [-0.3, -0.25) is 14.8 Å². The van der Waals surface area contributed by atoms with Gasteiger partial charge in [0, 0.05) is 7.05 Å². The molecule has 0 fully saturated rings. The summed E-state index contributed by atoms with van der Waals surface area (Å²) in [6.45, 7) is 1.70. The van der Waals surface area contributed by atoms with Gasteiger partial charge in [-0.15, -0.1) is 0 Å². The second-order valence-corrected chi connectivity index (χ2v) is 4.71. The number of hydrogen-bond acceptors (Lipinski definition) is 7. The molecular formula is C15H17N3O6. The number of aromatic nitrogens is 2. The zero-order valence-electron chi connectivity index (χ0n) is 13.7. The first-order valence-corrected chi connectivity index (χ1v) is 7.05. The lowest BCUT2D eigenvalue weighted by Gasteiger charge is -2.10. The summed E-state index contributed by atoms with van der Waals surface area (Å²) < 4.78 is 16.5. The van der Waals surface area contributed by atoms with Crippen LogP contribution in [0.5, 0.6) is 11.5 Å². The maximum absolute atomic E-state index is 12.0. The molecule has 9 heteroatoms. The topological polar surface area (TPSA) is 106 Å². The number of rotatable bonds is 6. The zero-order valence-corrected chi connectivity index (χ0v) is 13.7. The normalized spacial score (nSPS) is 10.3. The minimum absolute atomic E-state index is 0.0877. The van der Waals surface area contributed by atoms with Gasteiger partial charge in [-0.2, -0.15) is 5.10 Å². The Bertz CT molecular complexity index is 784. The Morgan fingerprint density at radius 1 is 1.33 bits per heavy atom. The standard InChI is InChI=1S/C15H17N3O6/c1-5-24-15(19)12-14(18(20)21)13(17(2)16-12)10-8-9(22-3)6-7-11(10)23-4/h6-8H,5H2,1-4H3. The van der Waals surface area contributed by atoms with Gasteiger partial charge in [0.05, 0.1) is 31.3 Å². The molecule has 1 aromatic carbocycles. The molecule has 1 aromatic heterocycles. The number of methoxy groups -OCH3 is 2. The number of ether oxygens (including phenoxy) is 3. The smallest absolute Gasteiger partial charge is 0.366 e. The number of hydrogen-bond donors (Lipinski definition) is 0. The van der Waals surface area contributed by atoms with E-state index in [-0.39, 0.29) is 18.0 Å². The minimum Gasteiger partial charge on any atom is -0.497 e. The van der Waals surface area contributed by atoms with Crippen LogP contribution >= 0.6 is 0 Å². The van der Waals surface area contributed by atoms with Gasteiger partial charge in [0.1, 0.15) is 11.5 Å². The summed E-state index contributed by atoms with van der Waals surface area (Å²) in [5.41, 5.74) is -0.292. The van der Waals surface area contributed by atoms with Crippen molar-refractivity contribution < 1.29 is 23.9 Å². The molecular weight excluding hydrogens is 318 g/mol. The highest BCUT2D eigenvalue weighted by molar-refractivity contribution is 5.96. The number of esters is 1. The van der Waals surface area contributed by atoms with Crippen LogP contribution in [-0.2, 0) is 11.8 Å². The molecule has 1 heterocycles. The molecule has 0 radical (unpaired) electrons. The molecule has 0 bridgehead atoms. The average molecular weight is 335 g/mol. The van der Waals surface area contributed by atoms with Gasteiger partial charge in [-0.05, 0) is 25.1 Å². The summed E-state index contributed by atoms with van der Waals surface area (Å²) in [4.78, 5) is 22.9. The maximum Gasteiger partial charge on any atom is 0.366 e. The van der Waals surface area contributed by atoms with Crippen molar-refractivity contribution in [2.45, 2.75) is 6.92 Å². The molecule has 9 nitrogen and oxygen atoms in total. The molecule has 128 valence electrons. The van der Waals surface area contributed by atoms with Crippen LogP contribution in [0, 0.1) is 10.1 Å². The first-order valence-electron chi connectivity index (χ1n) is 7.05. The summed E-state index contributed by atoms with van der Waals surface area (Å²) in [5.74, 6) is 0.0178. The molecule has 0 aliphatic heterocycles. The summed E-state index contributed by atoms with van der Waals surface area (Å²) in [7, 11) is 4.43. The number of carbonyl (C=O) groups excluding carboxylic acids is 1. The van der Waals surface area contributed by atoms with Crippen LogP contribution in [-0.4, -0.2) is 41.5 Å². The molecule has 2 rings (SSSR count). The number of nitrogens with zero attached hydrogens (tertiary/aromatic N) is 3. The summed E-state index contributed by atoms with van der Waals surface area (Å²) in [6, 6.07) is 4.86. The lowest BCUT2D eigenvalue weighted by atomic mass is 10.1. The van der Waals surface area contributed by atoms with E-state index in [9.17, 15) is 14.9 Å². The highest BCUT2D eigenvalue weighted by Gasteiger charge is 2.34. The Kier molecular flexibility index (Phi) is 5.02. The molecule has 0 aliphatic carbocycles. The summed E-state index contributed by atoms with van der Waals surface area (Å²) in [6.07, 6.45) is 0. The number of aryl methyl sites for hydroxylation is 1. The van der Waals surface area contributed by atoms with Crippen LogP contribution in [0.3, 0.4) is 0 Å². The minimum atomic E-state index is -0.854. The van der Waals surface area contributed by atoms with Crippen molar-refractivity contribution in [2.75, 3.05) is 20.8 Å². The van der Waals surface area contributed by atoms with Crippen LogP contribution in [0.4, 0.5) is 5.69 Å². The second-order valence-electron chi connectivity index (χ2n) is 4.71. The van der Waals surface area contributed by atoms with Crippen molar-refractivity contribution in [3.05, 3.63) is 34.0 Å². The predicted molar refractivity (Wildman–Crippen MR) is 84.4 cm³/mol. The van der Waals surface area contributed by atoms with E-state index in [0.29, 0.717) is 17.1 Å². The Hall–Kier alpha value is -3.10. The van der Waals surface area contributed by atoms with E-state index >= 15 is 0 Å².